The highest BCUT2D eigenvalue weighted by molar-refractivity contribution is 5.94. The number of nitrogens with one attached hydrogen (secondary N) is 1. The second kappa shape index (κ2) is 6.98. The lowest BCUT2D eigenvalue weighted by Gasteiger charge is -2.19. The fraction of sp³-hybridized carbons (Fsp3) is 0.462. The highest BCUT2D eigenvalue weighted by atomic mass is 16.5. The predicted molar refractivity (Wildman–Crippen MR) is 69.1 cm³/mol. The number of carboxylic acids is 1. The largest absolute Gasteiger partial charge is 0.478 e. The third-order valence-electron chi connectivity index (χ3n) is 2.61. The molecule has 1 aromatic carbocycles. The van der Waals surface area contributed by atoms with Crippen LogP contribution in [0.2, 0.25) is 0 Å². The van der Waals surface area contributed by atoms with Gasteiger partial charge in [-0.1, -0.05) is 6.07 Å². The maximum atomic E-state index is 11.1. The molecule has 0 spiro atoms. The van der Waals surface area contributed by atoms with Gasteiger partial charge in [0.05, 0.1) is 18.2 Å². The van der Waals surface area contributed by atoms with E-state index in [-0.39, 0.29) is 18.2 Å². The minimum atomic E-state index is -0.974. The van der Waals surface area contributed by atoms with Crippen molar-refractivity contribution in [2.24, 2.45) is 0 Å². The Hall–Kier alpha value is -1.59. The first-order valence-corrected chi connectivity index (χ1v) is 5.78. The van der Waals surface area contributed by atoms with Gasteiger partial charge in [0.1, 0.15) is 0 Å². The van der Waals surface area contributed by atoms with Crippen molar-refractivity contribution in [3.63, 3.8) is 0 Å². The molecule has 1 rings (SSSR count). The number of carbonyl (C=O) groups is 1. The van der Waals surface area contributed by atoms with E-state index < -0.39 is 5.97 Å². The van der Waals surface area contributed by atoms with E-state index in [4.69, 9.17) is 14.9 Å². The summed E-state index contributed by atoms with van der Waals surface area (Å²) >= 11 is 0. The van der Waals surface area contributed by atoms with Gasteiger partial charge in [-0.3, -0.25) is 0 Å². The summed E-state index contributed by atoms with van der Waals surface area (Å²) in [5, 5.41) is 21.2. The maximum Gasteiger partial charge on any atom is 0.337 e. The maximum absolute atomic E-state index is 11.1. The zero-order valence-corrected chi connectivity index (χ0v) is 10.6. The zero-order valence-electron chi connectivity index (χ0n) is 10.6. The molecule has 0 aliphatic heterocycles. The van der Waals surface area contributed by atoms with Crippen molar-refractivity contribution in [1.29, 1.82) is 0 Å². The van der Waals surface area contributed by atoms with E-state index in [0.717, 1.165) is 5.56 Å². The molecule has 0 heterocycles. The third kappa shape index (κ3) is 4.01. The molecule has 0 aliphatic carbocycles. The van der Waals surface area contributed by atoms with Gasteiger partial charge in [-0.25, -0.2) is 4.79 Å². The van der Waals surface area contributed by atoms with E-state index in [0.29, 0.717) is 18.7 Å². The van der Waals surface area contributed by atoms with Gasteiger partial charge in [0.2, 0.25) is 0 Å². The van der Waals surface area contributed by atoms with Gasteiger partial charge >= 0.3 is 5.97 Å². The monoisotopic (exact) mass is 253 g/mol. The summed E-state index contributed by atoms with van der Waals surface area (Å²) in [5.41, 5.74) is 1.75. The summed E-state index contributed by atoms with van der Waals surface area (Å²) in [7, 11) is 1.57. The van der Waals surface area contributed by atoms with E-state index in [2.05, 4.69) is 5.32 Å². The van der Waals surface area contributed by atoms with Crippen LogP contribution < -0.4 is 5.32 Å². The Morgan fingerprint density at radius 1 is 1.50 bits per heavy atom. The van der Waals surface area contributed by atoms with E-state index in [1.54, 1.807) is 25.3 Å². The number of hydrogen-bond acceptors (Lipinski definition) is 4. The standard InChI is InChI=1S/C13H19NO4/c1-9-3-4-11(13(16)17)12(7-9)14-10(5-6-15)8-18-2/h3-4,7,10,14-15H,5-6,8H2,1-2H3,(H,16,17). The first kappa shape index (κ1) is 14.5. The van der Waals surface area contributed by atoms with Crippen LogP contribution in [0.5, 0.6) is 0 Å². The summed E-state index contributed by atoms with van der Waals surface area (Å²) in [6.07, 6.45) is 0.501. The summed E-state index contributed by atoms with van der Waals surface area (Å²) < 4.78 is 5.04. The molecule has 0 aliphatic rings. The van der Waals surface area contributed by atoms with E-state index >= 15 is 0 Å². The van der Waals surface area contributed by atoms with Crippen LogP contribution in [0.15, 0.2) is 18.2 Å². The third-order valence-corrected chi connectivity index (χ3v) is 2.61. The molecule has 3 N–H and O–H groups in total. The molecular formula is C13H19NO4. The van der Waals surface area contributed by atoms with Gasteiger partial charge in [0.25, 0.3) is 0 Å². The molecule has 5 nitrogen and oxygen atoms in total. The zero-order chi connectivity index (χ0) is 13.5. The lowest BCUT2D eigenvalue weighted by molar-refractivity contribution is 0.0697. The number of aliphatic hydroxyl groups is 1. The molecule has 0 radical (unpaired) electrons. The number of carboxylic acid groups (broad SMARTS) is 1. The van der Waals surface area contributed by atoms with Gasteiger partial charge in [0, 0.05) is 19.4 Å². The minimum absolute atomic E-state index is 0.0231. The van der Waals surface area contributed by atoms with Crippen molar-refractivity contribution >= 4 is 11.7 Å². The predicted octanol–water partition coefficient (Wildman–Crippen LogP) is 1.50. The Bertz CT molecular complexity index is 400. The molecule has 5 heteroatoms. The Morgan fingerprint density at radius 3 is 2.78 bits per heavy atom. The molecular weight excluding hydrogens is 234 g/mol. The van der Waals surface area contributed by atoms with Crippen LogP contribution in [0.25, 0.3) is 0 Å². The van der Waals surface area contributed by atoms with Crippen molar-refractivity contribution in [2.75, 3.05) is 25.6 Å². The second-order valence-corrected chi connectivity index (χ2v) is 4.16. The highest BCUT2D eigenvalue weighted by Gasteiger charge is 2.14. The Kier molecular flexibility index (Phi) is 5.61. The summed E-state index contributed by atoms with van der Waals surface area (Å²) in [6.45, 7) is 2.33. The van der Waals surface area contributed by atoms with Gasteiger partial charge < -0.3 is 20.3 Å². The van der Waals surface area contributed by atoms with Crippen LogP contribution in [-0.2, 0) is 4.74 Å². The van der Waals surface area contributed by atoms with E-state index in [1.807, 2.05) is 6.92 Å². The topological polar surface area (TPSA) is 78.8 Å². The van der Waals surface area contributed by atoms with Gasteiger partial charge in [0.15, 0.2) is 0 Å². The molecule has 0 aromatic heterocycles. The van der Waals surface area contributed by atoms with Crippen LogP contribution in [0.1, 0.15) is 22.3 Å². The number of benzene rings is 1. The van der Waals surface area contributed by atoms with E-state index in [1.165, 1.54) is 0 Å². The van der Waals surface area contributed by atoms with Gasteiger partial charge in [-0.05, 0) is 31.0 Å². The van der Waals surface area contributed by atoms with Crippen LogP contribution >= 0.6 is 0 Å². The van der Waals surface area contributed by atoms with Gasteiger partial charge in [-0.15, -0.1) is 0 Å². The Morgan fingerprint density at radius 2 is 2.22 bits per heavy atom. The quantitative estimate of drug-likeness (QED) is 0.686. The molecule has 1 unspecified atom stereocenters. The average Bonchev–Trinajstić information content (AvgIpc) is 2.29. The smallest absolute Gasteiger partial charge is 0.337 e. The molecule has 1 aromatic rings. The van der Waals surface area contributed by atoms with Crippen LogP contribution in [0.3, 0.4) is 0 Å². The number of ether oxygens (including phenoxy) is 1. The Labute approximate surface area is 106 Å². The van der Waals surface area contributed by atoms with Crippen LogP contribution in [0.4, 0.5) is 5.69 Å². The number of aryl methyl sites for hydroxylation is 1. The first-order chi connectivity index (χ1) is 8.58. The van der Waals surface area contributed by atoms with Crippen LogP contribution in [-0.4, -0.2) is 42.5 Å². The lowest BCUT2D eigenvalue weighted by Crippen LogP contribution is -2.27. The number of methoxy groups -OCH3 is 1. The number of hydrogen-bond donors (Lipinski definition) is 3. The van der Waals surface area contributed by atoms with Crippen LogP contribution in [0, 0.1) is 6.92 Å². The normalized spacial score (nSPS) is 12.2. The molecule has 0 saturated heterocycles. The van der Waals surface area contributed by atoms with Crippen molar-refractivity contribution in [3.8, 4) is 0 Å². The second-order valence-electron chi connectivity index (χ2n) is 4.16. The fourth-order valence-electron chi connectivity index (χ4n) is 1.74. The molecule has 1 atom stereocenters. The van der Waals surface area contributed by atoms with Crippen molar-refractivity contribution in [2.45, 2.75) is 19.4 Å². The summed E-state index contributed by atoms with van der Waals surface area (Å²) in [4.78, 5) is 11.1. The molecule has 0 bridgehead atoms. The fourth-order valence-corrected chi connectivity index (χ4v) is 1.74. The molecule has 100 valence electrons. The Balaban J connectivity index is 2.92. The summed E-state index contributed by atoms with van der Waals surface area (Å²) in [5.74, 6) is -0.974. The van der Waals surface area contributed by atoms with Crippen molar-refractivity contribution < 1.29 is 19.7 Å². The highest BCUT2D eigenvalue weighted by Crippen LogP contribution is 2.19. The summed E-state index contributed by atoms with van der Waals surface area (Å²) in [6, 6.07) is 5.00. The molecule has 0 saturated carbocycles. The lowest BCUT2D eigenvalue weighted by atomic mass is 10.1. The molecule has 18 heavy (non-hydrogen) atoms. The van der Waals surface area contributed by atoms with Crippen molar-refractivity contribution in [1.82, 2.24) is 0 Å². The number of anilines is 1. The number of rotatable bonds is 7. The molecule has 0 amide bonds. The SMILES string of the molecule is COCC(CCO)Nc1cc(C)ccc1C(=O)O. The number of aromatic carboxylic acids is 1. The van der Waals surface area contributed by atoms with Crippen molar-refractivity contribution in [3.05, 3.63) is 29.3 Å². The number of aliphatic hydroxyl groups excluding tert-OH is 1. The van der Waals surface area contributed by atoms with Gasteiger partial charge in [-0.2, -0.15) is 0 Å². The first-order valence-electron chi connectivity index (χ1n) is 5.78. The van der Waals surface area contributed by atoms with E-state index in [9.17, 15) is 4.79 Å². The average molecular weight is 253 g/mol. The molecule has 0 fully saturated rings. The minimum Gasteiger partial charge on any atom is -0.478 e.